The molecule has 0 unspecified atom stereocenters. The van der Waals surface area contributed by atoms with E-state index in [2.05, 4.69) is 0 Å². The molecule has 0 spiro atoms. The molecular weight excluding hydrogens is 273 g/mol. The molecule has 0 aromatic heterocycles. The Kier molecular flexibility index (Phi) is 4.69. The van der Waals surface area contributed by atoms with E-state index in [9.17, 15) is 9.59 Å². The summed E-state index contributed by atoms with van der Waals surface area (Å²) in [5, 5.41) is 1.50. The molecule has 0 saturated carbocycles. The zero-order chi connectivity index (χ0) is 13.1. The van der Waals surface area contributed by atoms with Crippen LogP contribution in [-0.2, 0) is 4.79 Å². The summed E-state index contributed by atoms with van der Waals surface area (Å²) in [6.45, 7) is 7.56. The van der Waals surface area contributed by atoms with E-state index >= 15 is 0 Å². The normalized spacial score (nSPS) is 11.3. The van der Waals surface area contributed by atoms with Crippen molar-refractivity contribution >= 4 is 22.5 Å². The first-order valence-electron chi connectivity index (χ1n) is 6.10. The summed E-state index contributed by atoms with van der Waals surface area (Å²) in [6, 6.07) is 7.58. The Morgan fingerprint density at radius 2 is 1.53 bits per heavy atom. The van der Waals surface area contributed by atoms with E-state index in [1.165, 1.54) is 0 Å². The van der Waals surface area contributed by atoms with Crippen molar-refractivity contribution in [2.75, 3.05) is 0 Å². The standard InChI is InChI=1S/C14H20GeO2/c1-5-15(6-2,12(4)16)14(17)13-9-7-11(3)8-10-13/h7-10H,5-6H2,1-4H3. The van der Waals surface area contributed by atoms with Crippen LogP contribution in [0.4, 0.5) is 0 Å². The summed E-state index contributed by atoms with van der Waals surface area (Å²) in [5.74, 6) is 0. The third-order valence-corrected chi connectivity index (χ3v) is 14.0. The summed E-state index contributed by atoms with van der Waals surface area (Å²) in [6.07, 6.45) is 0. The molecule has 0 N–H and O–H groups in total. The van der Waals surface area contributed by atoms with Gasteiger partial charge in [-0.2, -0.15) is 0 Å². The van der Waals surface area contributed by atoms with Gasteiger partial charge in [-0.1, -0.05) is 0 Å². The van der Waals surface area contributed by atoms with Gasteiger partial charge in [0.05, 0.1) is 0 Å². The zero-order valence-electron chi connectivity index (χ0n) is 11.0. The minimum absolute atomic E-state index is 0.141. The molecule has 3 heteroatoms. The van der Waals surface area contributed by atoms with Crippen LogP contribution in [0, 0.1) is 6.92 Å². The maximum absolute atomic E-state index is 12.5. The van der Waals surface area contributed by atoms with E-state index in [1.807, 2.05) is 45.0 Å². The topological polar surface area (TPSA) is 34.1 Å². The zero-order valence-corrected chi connectivity index (χ0v) is 13.1. The number of hydrogen-bond donors (Lipinski definition) is 0. The van der Waals surface area contributed by atoms with Gasteiger partial charge in [-0.25, -0.2) is 0 Å². The second-order valence-corrected chi connectivity index (χ2v) is 14.5. The summed E-state index contributed by atoms with van der Waals surface area (Å²) < 4.78 is 0.295. The minimum atomic E-state index is -3.03. The molecule has 0 heterocycles. The molecule has 0 aliphatic rings. The average Bonchev–Trinajstić information content (AvgIpc) is 2.31. The Labute approximate surface area is 106 Å². The maximum atomic E-state index is 12.5. The molecule has 0 radical (unpaired) electrons. The molecule has 1 aromatic carbocycles. The van der Waals surface area contributed by atoms with Gasteiger partial charge >= 0.3 is 106 Å². The SMILES string of the molecule is C[CH2][Ge]([CH2]C)([C](C)=O)[C](=O)c1ccc(C)cc1. The number of aryl methyl sites for hydroxylation is 1. The van der Waals surface area contributed by atoms with Crippen molar-refractivity contribution in [3.8, 4) is 0 Å². The second-order valence-electron chi connectivity index (χ2n) is 4.54. The number of rotatable bonds is 5. The van der Waals surface area contributed by atoms with E-state index in [0.717, 1.165) is 21.6 Å². The fourth-order valence-electron chi connectivity index (χ4n) is 2.21. The van der Waals surface area contributed by atoms with Crippen molar-refractivity contribution in [3.63, 3.8) is 0 Å². The van der Waals surface area contributed by atoms with Crippen molar-refractivity contribution in [2.45, 2.75) is 38.2 Å². The molecule has 0 saturated heterocycles. The van der Waals surface area contributed by atoms with Crippen LogP contribution in [-0.4, -0.2) is 22.5 Å². The third-order valence-electron chi connectivity index (χ3n) is 3.63. The van der Waals surface area contributed by atoms with Crippen LogP contribution >= 0.6 is 0 Å². The van der Waals surface area contributed by atoms with Gasteiger partial charge in [0, 0.05) is 0 Å². The predicted octanol–water partition coefficient (Wildman–Crippen LogP) is 3.33. The van der Waals surface area contributed by atoms with Crippen LogP contribution in [0.25, 0.3) is 0 Å². The van der Waals surface area contributed by atoms with Crippen LogP contribution in [0.15, 0.2) is 24.3 Å². The van der Waals surface area contributed by atoms with Crippen LogP contribution in [0.5, 0.6) is 0 Å². The van der Waals surface area contributed by atoms with E-state index in [0.29, 0.717) is 0 Å². The molecule has 0 bridgehead atoms. The molecule has 92 valence electrons. The number of carbonyl (C=O) groups is 2. The van der Waals surface area contributed by atoms with Crippen LogP contribution in [0.2, 0.25) is 10.5 Å². The first-order chi connectivity index (χ1) is 7.97. The third kappa shape index (κ3) is 2.68. The molecule has 17 heavy (non-hydrogen) atoms. The fraction of sp³-hybridized carbons (Fsp3) is 0.429. The van der Waals surface area contributed by atoms with Crippen LogP contribution in [0.1, 0.15) is 36.7 Å². The molecule has 0 aliphatic heterocycles. The quantitative estimate of drug-likeness (QED) is 0.780. The van der Waals surface area contributed by atoms with Gasteiger partial charge in [-0.05, 0) is 0 Å². The van der Waals surface area contributed by atoms with Gasteiger partial charge in [0.2, 0.25) is 0 Å². The number of carbonyl (C=O) groups excluding carboxylic acids is 2. The molecule has 2 nitrogen and oxygen atoms in total. The van der Waals surface area contributed by atoms with Gasteiger partial charge in [-0.15, -0.1) is 0 Å². The monoisotopic (exact) mass is 294 g/mol. The van der Waals surface area contributed by atoms with E-state index in [1.54, 1.807) is 6.92 Å². The van der Waals surface area contributed by atoms with Gasteiger partial charge in [0.1, 0.15) is 0 Å². The Morgan fingerprint density at radius 3 is 1.88 bits per heavy atom. The van der Waals surface area contributed by atoms with Gasteiger partial charge in [0.15, 0.2) is 0 Å². The fourth-order valence-corrected chi connectivity index (χ4v) is 8.88. The van der Waals surface area contributed by atoms with Crippen molar-refractivity contribution in [2.24, 2.45) is 0 Å². The Balaban J connectivity index is 3.17. The van der Waals surface area contributed by atoms with Gasteiger partial charge in [-0.3, -0.25) is 0 Å². The Hall–Kier alpha value is -0.897. The van der Waals surface area contributed by atoms with E-state index in [-0.39, 0.29) is 9.23 Å². The molecular formula is C14H20GeO2. The van der Waals surface area contributed by atoms with Crippen molar-refractivity contribution in [3.05, 3.63) is 35.4 Å². The van der Waals surface area contributed by atoms with Crippen molar-refractivity contribution < 1.29 is 9.59 Å². The summed E-state index contributed by atoms with van der Waals surface area (Å²) in [5.41, 5.74) is 1.85. The van der Waals surface area contributed by atoms with Crippen molar-refractivity contribution in [1.82, 2.24) is 0 Å². The summed E-state index contributed by atoms with van der Waals surface area (Å²) >= 11 is -3.03. The Morgan fingerprint density at radius 1 is 1.06 bits per heavy atom. The van der Waals surface area contributed by atoms with Crippen molar-refractivity contribution in [1.29, 1.82) is 0 Å². The van der Waals surface area contributed by atoms with Crippen LogP contribution < -0.4 is 0 Å². The molecule has 0 aliphatic carbocycles. The van der Waals surface area contributed by atoms with Crippen LogP contribution in [0.3, 0.4) is 0 Å². The molecule has 0 amide bonds. The molecule has 1 aromatic rings. The molecule has 0 fully saturated rings. The summed E-state index contributed by atoms with van der Waals surface area (Å²) in [7, 11) is 0. The van der Waals surface area contributed by atoms with Gasteiger partial charge in [0.25, 0.3) is 0 Å². The average molecular weight is 293 g/mol. The molecule has 0 atom stereocenters. The second kappa shape index (κ2) is 5.63. The van der Waals surface area contributed by atoms with E-state index < -0.39 is 13.3 Å². The number of hydrogen-bond acceptors (Lipinski definition) is 2. The van der Waals surface area contributed by atoms with E-state index in [4.69, 9.17) is 0 Å². The molecule has 1 rings (SSSR count). The predicted molar refractivity (Wildman–Crippen MR) is 72.9 cm³/mol. The first-order valence-corrected chi connectivity index (χ1v) is 11.2. The summed E-state index contributed by atoms with van der Waals surface area (Å²) in [4.78, 5) is 24.4. The first kappa shape index (κ1) is 14.2. The Bertz CT molecular complexity index is 416. The van der Waals surface area contributed by atoms with Gasteiger partial charge < -0.3 is 0 Å². The number of benzene rings is 1.